The lowest BCUT2D eigenvalue weighted by atomic mass is 10.2. The Hall–Kier alpha value is -0.770. The van der Waals surface area contributed by atoms with Crippen LogP contribution in [0.2, 0.25) is 5.02 Å². The van der Waals surface area contributed by atoms with E-state index in [1.807, 2.05) is 18.2 Å². The van der Waals surface area contributed by atoms with Gasteiger partial charge < -0.3 is 4.74 Å². The summed E-state index contributed by atoms with van der Waals surface area (Å²) in [5, 5.41) is 0.616. The molecule has 0 radical (unpaired) electrons. The molecule has 0 saturated heterocycles. The Morgan fingerprint density at radius 1 is 1.40 bits per heavy atom. The Balaban J connectivity index is 2.09. The predicted octanol–water partition coefficient (Wildman–Crippen LogP) is 2.52. The summed E-state index contributed by atoms with van der Waals surface area (Å²) in [6.07, 6.45) is 2.51. The number of nitrogens with two attached hydrogens (primary N) is 1. The molecular weight excluding hydrogens is 214 g/mol. The fraction of sp³-hybridized carbons (Fsp3) is 0.455. The van der Waals surface area contributed by atoms with Gasteiger partial charge in [-0.15, -0.1) is 0 Å². The summed E-state index contributed by atoms with van der Waals surface area (Å²) in [7, 11) is 0. The van der Waals surface area contributed by atoms with Crippen LogP contribution in [0.1, 0.15) is 18.4 Å². The average molecular weight is 228 g/mol. The highest BCUT2D eigenvalue weighted by Crippen LogP contribution is 2.33. The Morgan fingerprint density at radius 2 is 2.20 bits per heavy atom. The highest BCUT2D eigenvalue weighted by Gasteiger charge is 2.22. The van der Waals surface area contributed by atoms with E-state index in [9.17, 15) is 0 Å². The first-order valence-electron chi connectivity index (χ1n) is 5.03. The van der Waals surface area contributed by atoms with E-state index in [0.717, 1.165) is 12.2 Å². The second-order valence-electron chi connectivity index (χ2n) is 3.79. The zero-order valence-corrected chi connectivity index (χ0v) is 9.17. The third-order valence-corrected chi connectivity index (χ3v) is 2.75. The quantitative estimate of drug-likeness (QED) is 0.787. The highest BCUT2D eigenvalue weighted by molar-refractivity contribution is 6.32. The highest BCUT2D eigenvalue weighted by atomic mass is 35.5. The number of para-hydroxylation sites is 1. The molecule has 0 bridgehead atoms. The van der Waals surface area contributed by atoms with E-state index in [4.69, 9.17) is 22.2 Å². The van der Waals surface area contributed by atoms with Crippen LogP contribution in [0.15, 0.2) is 18.2 Å². The summed E-state index contributed by atoms with van der Waals surface area (Å²) in [5.74, 6) is 6.46. The largest absolute Gasteiger partial charge is 0.491 e. The molecule has 1 aliphatic rings. The lowest BCUT2D eigenvalue weighted by molar-refractivity contribution is 0.121. The van der Waals surface area contributed by atoms with Gasteiger partial charge in [-0.2, -0.15) is 0 Å². The van der Waals surface area contributed by atoms with Gasteiger partial charge in [0.05, 0.1) is 18.2 Å². The molecule has 0 heterocycles. The molecule has 0 aliphatic heterocycles. The van der Waals surface area contributed by atoms with E-state index in [-0.39, 0.29) is 0 Å². The minimum absolute atomic E-state index is 0.320. The van der Waals surface area contributed by atoms with Crippen molar-refractivity contribution in [2.45, 2.75) is 19.4 Å². The number of hydrogen-bond donors (Lipinski definition) is 1. The van der Waals surface area contributed by atoms with Crippen molar-refractivity contribution in [1.82, 2.24) is 0 Å². The summed E-state index contributed by atoms with van der Waals surface area (Å²) in [6, 6.07) is 5.57. The van der Waals surface area contributed by atoms with Crippen molar-refractivity contribution in [2.24, 2.45) is 11.8 Å². The Kier molecular flexibility index (Phi) is 3.46. The molecule has 0 unspecified atom stereocenters. The summed E-state index contributed by atoms with van der Waals surface area (Å²) in [4.78, 5) is 4.61. The van der Waals surface area contributed by atoms with Crippen LogP contribution in [0.25, 0.3) is 0 Å². The molecule has 1 saturated carbocycles. The van der Waals surface area contributed by atoms with Crippen LogP contribution < -0.4 is 10.6 Å². The summed E-state index contributed by atoms with van der Waals surface area (Å²) in [5.41, 5.74) is 0.894. The van der Waals surface area contributed by atoms with Gasteiger partial charge >= 0.3 is 0 Å². The second kappa shape index (κ2) is 4.84. The van der Waals surface area contributed by atoms with Crippen LogP contribution in [0.4, 0.5) is 0 Å². The predicted molar refractivity (Wildman–Crippen MR) is 58.6 cm³/mol. The molecular formula is C11H14ClNO2. The zero-order valence-electron chi connectivity index (χ0n) is 8.41. The lowest BCUT2D eigenvalue weighted by Crippen LogP contribution is -2.05. The minimum Gasteiger partial charge on any atom is -0.491 e. The lowest BCUT2D eigenvalue weighted by Gasteiger charge is -2.11. The molecule has 82 valence electrons. The van der Waals surface area contributed by atoms with Crippen LogP contribution in [0.3, 0.4) is 0 Å². The summed E-state index contributed by atoms with van der Waals surface area (Å²) < 4.78 is 5.68. The SMILES string of the molecule is NOCc1cccc(Cl)c1OCC1CC1. The molecule has 1 fully saturated rings. The first kappa shape index (κ1) is 10.7. The number of halogens is 1. The van der Waals surface area contributed by atoms with Crippen LogP contribution in [-0.4, -0.2) is 6.61 Å². The summed E-state index contributed by atoms with van der Waals surface area (Å²) >= 11 is 6.05. The third-order valence-electron chi connectivity index (χ3n) is 2.45. The standard InChI is InChI=1S/C11H14ClNO2/c12-10-3-1-2-9(7-15-13)11(10)14-6-8-4-5-8/h1-3,8H,4-7,13H2. The van der Waals surface area contributed by atoms with E-state index in [1.165, 1.54) is 12.8 Å². The Morgan fingerprint density at radius 3 is 2.87 bits per heavy atom. The third kappa shape index (κ3) is 2.84. The second-order valence-corrected chi connectivity index (χ2v) is 4.20. The summed E-state index contributed by atoms with van der Waals surface area (Å²) in [6.45, 7) is 1.06. The van der Waals surface area contributed by atoms with Crippen molar-refractivity contribution in [3.63, 3.8) is 0 Å². The van der Waals surface area contributed by atoms with Gasteiger partial charge in [-0.1, -0.05) is 23.7 Å². The molecule has 1 aromatic carbocycles. The Bertz CT molecular complexity index is 339. The van der Waals surface area contributed by atoms with Crippen LogP contribution >= 0.6 is 11.6 Å². The van der Waals surface area contributed by atoms with Crippen LogP contribution in [-0.2, 0) is 11.4 Å². The first-order valence-corrected chi connectivity index (χ1v) is 5.41. The van der Waals surface area contributed by atoms with E-state index >= 15 is 0 Å². The maximum atomic E-state index is 6.05. The molecule has 0 spiro atoms. The Labute approximate surface area is 94.1 Å². The van der Waals surface area contributed by atoms with Crippen molar-refractivity contribution in [2.75, 3.05) is 6.61 Å². The van der Waals surface area contributed by atoms with Crippen molar-refractivity contribution in [1.29, 1.82) is 0 Å². The average Bonchev–Trinajstić information content (AvgIpc) is 3.01. The van der Waals surface area contributed by atoms with Crippen molar-refractivity contribution >= 4 is 11.6 Å². The molecule has 0 amide bonds. The molecule has 4 heteroatoms. The molecule has 15 heavy (non-hydrogen) atoms. The molecule has 1 aromatic rings. The van der Waals surface area contributed by atoms with Gasteiger partial charge in [0.1, 0.15) is 5.75 Å². The molecule has 0 atom stereocenters. The fourth-order valence-corrected chi connectivity index (χ4v) is 1.65. The molecule has 2 rings (SSSR count). The van der Waals surface area contributed by atoms with E-state index in [2.05, 4.69) is 4.84 Å². The van der Waals surface area contributed by atoms with Crippen molar-refractivity contribution in [3.8, 4) is 5.75 Å². The molecule has 2 N–H and O–H groups in total. The monoisotopic (exact) mass is 227 g/mol. The number of ether oxygens (including phenoxy) is 1. The maximum absolute atomic E-state index is 6.05. The number of hydrogen-bond acceptors (Lipinski definition) is 3. The zero-order chi connectivity index (χ0) is 10.7. The molecule has 0 aromatic heterocycles. The van der Waals surface area contributed by atoms with Crippen LogP contribution in [0.5, 0.6) is 5.75 Å². The van der Waals surface area contributed by atoms with Gasteiger partial charge in [0.2, 0.25) is 0 Å². The van der Waals surface area contributed by atoms with Crippen molar-refractivity contribution < 1.29 is 9.57 Å². The van der Waals surface area contributed by atoms with Gasteiger partial charge in [0.15, 0.2) is 0 Å². The normalized spacial score (nSPS) is 15.3. The minimum atomic E-state index is 0.320. The van der Waals surface area contributed by atoms with Crippen LogP contribution in [0, 0.1) is 5.92 Å². The van der Waals surface area contributed by atoms with Crippen molar-refractivity contribution in [3.05, 3.63) is 28.8 Å². The van der Waals surface area contributed by atoms with Gasteiger partial charge in [0.25, 0.3) is 0 Å². The maximum Gasteiger partial charge on any atom is 0.143 e. The smallest absolute Gasteiger partial charge is 0.143 e. The van der Waals surface area contributed by atoms with E-state index in [1.54, 1.807) is 0 Å². The number of benzene rings is 1. The fourth-order valence-electron chi connectivity index (χ4n) is 1.40. The molecule has 1 aliphatic carbocycles. The van der Waals surface area contributed by atoms with E-state index in [0.29, 0.717) is 23.3 Å². The number of rotatable bonds is 5. The van der Waals surface area contributed by atoms with E-state index < -0.39 is 0 Å². The first-order chi connectivity index (χ1) is 7.31. The van der Waals surface area contributed by atoms with Gasteiger partial charge in [-0.3, -0.25) is 4.84 Å². The van der Waals surface area contributed by atoms with Gasteiger partial charge in [-0.25, -0.2) is 5.90 Å². The van der Waals surface area contributed by atoms with Gasteiger partial charge in [0, 0.05) is 5.56 Å². The molecule has 3 nitrogen and oxygen atoms in total. The topological polar surface area (TPSA) is 44.5 Å². The van der Waals surface area contributed by atoms with Gasteiger partial charge in [-0.05, 0) is 24.8 Å².